The molecule has 7 fully saturated rings. The van der Waals surface area contributed by atoms with Crippen molar-refractivity contribution in [3.8, 4) is 0 Å². The van der Waals surface area contributed by atoms with Gasteiger partial charge >= 0.3 is 42.6 Å². The van der Waals surface area contributed by atoms with Gasteiger partial charge in [-0.3, -0.25) is 14.4 Å². The van der Waals surface area contributed by atoms with Crippen LogP contribution in [0, 0.1) is 57.7 Å². The molecule has 7 aliphatic rings. The van der Waals surface area contributed by atoms with Crippen LogP contribution in [-0.4, -0.2) is 87.9 Å². The van der Waals surface area contributed by atoms with Crippen molar-refractivity contribution in [2.45, 2.75) is 206 Å². The number of alkyl halides is 12. The maximum Gasteiger partial charge on any atom is 0.426 e. The lowest BCUT2D eigenvalue weighted by Gasteiger charge is -2.59. The minimum absolute atomic E-state index is 0.0185. The first-order valence-corrected chi connectivity index (χ1v) is 23.3. The fourth-order valence-corrected chi connectivity index (χ4v) is 10.5. The van der Waals surface area contributed by atoms with Gasteiger partial charge in [-0.05, 0) is 136 Å². The van der Waals surface area contributed by atoms with Crippen LogP contribution in [0.2, 0.25) is 0 Å². The van der Waals surface area contributed by atoms with Gasteiger partial charge in [0.05, 0.1) is 22.0 Å². The molecule has 6 bridgehead atoms. The largest absolute Gasteiger partial charge is 0.491 e. The minimum Gasteiger partial charge on any atom is -0.491 e. The number of hydrogen-bond donors (Lipinski definition) is 2. The Bertz CT molecular complexity index is 1740. The summed E-state index contributed by atoms with van der Waals surface area (Å²) in [5, 5.41) is 18.3. The number of rotatable bonds is 13. The zero-order chi connectivity index (χ0) is 52.4. The molecule has 1 heterocycles. The van der Waals surface area contributed by atoms with Crippen LogP contribution >= 0.6 is 0 Å². The van der Waals surface area contributed by atoms with Gasteiger partial charge in [0.1, 0.15) is 23.9 Å². The molecule has 6 saturated carbocycles. The smallest absolute Gasteiger partial charge is 0.426 e. The molecule has 0 aromatic heterocycles. The second-order valence-electron chi connectivity index (χ2n) is 22.2. The molecule has 394 valence electrons. The van der Waals surface area contributed by atoms with Crippen molar-refractivity contribution in [2.75, 3.05) is 0 Å². The van der Waals surface area contributed by atoms with E-state index in [1.165, 1.54) is 39.0 Å². The van der Waals surface area contributed by atoms with Crippen LogP contribution in [0.1, 0.15) is 146 Å². The Morgan fingerprint density at radius 1 is 0.632 bits per heavy atom. The number of carbonyl (C=O) groups is 3. The molecular weight excluding hydrogens is 936 g/mol. The number of fused-ring (bicyclic) bond motifs is 1. The number of esters is 3. The molecular formula is C47H68F12O9. The summed E-state index contributed by atoms with van der Waals surface area (Å²) in [6.07, 6.45) is -25.7. The van der Waals surface area contributed by atoms with E-state index in [1.54, 1.807) is 0 Å². The molecule has 1 saturated heterocycles. The number of halogens is 12. The van der Waals surface area contributed by atoms with E-state index in [1.807, 2.05) is 34.6 Å². The van der Waals surface area contributed by atoms with Crippen molar-refractivity contribution in [3.63, 3.8) is 0 Å². The standard InChI is InChI=1S/C17H28O2.C15H18F12O4.C15H22O3/c1-5-16(2,3)15(18)19-17(4)13-7-11-6-12(9-13)10-14(17)8-11;1-4-9(2,3)8(28)31-7(5-10(29,12(16,17)18)13(19,20)21)6-11(30,14(22,23)24)15(25,26)27;1-5-15(3,4)14(16)18-12-9-6-10-8(2)17-13(12)11(10)7-9/h11-14H,5-10H2,1-4H3;7,29-30H,4-6H2,1-3H3;9-13H,2,5-7H2,1,3-4H3. The Morgan fingerprint density at radius 3 is 1.40 bits per heavy atom. The van der Waals surface area contributed by atoms with Crippen LogP contribution in [0.15, 0.2) is 12.3 Å². The highest BCUT2D eigenvalue weighted by Gasteiger charge is 2.74. The van der Waals surface area contributed by atoms with Gasteiger partial charge in [-0.1, -0.05) is 27.4 Å². The SMILES string of the molecule is C=C1OC2C3CC(CC13)C2OC(=O)C(C)(C)CC.CCC(C)(C)C(=O)OC(CC(O)(C(F)(F)F)C(F)(F)F)CC(O)(C(F)(F)F)C(F)(F)F.CCC(C)(C)C(=O)OC1(C)C2CC3CC(C2)CC1C3. The molecule has 7 rings (SSSR count). The molecule has 0 spiro atoms. The van der Waals surface area contributed by atoms with Crippen LogP contribution in [0.25, 0.3) is 0 Å². The summed E-state index contributed by atoms with van der Waals surface area (Å²) < 4.78 is 176. The summed E-state index contributed by atoms with van der Waals surface area (Å²) in [5.74, 6) is 3.76. The molecule has 0 aromatic rings. The molecule has 21 heteroatoms. The lowest BCUT2D eigenvalue weighted by molar-refractivity contribution is -0.386. The Hall–Kier alpha value is -2.97. The molecule has 0 amide bonds. The Kier molecular flexibility index (Phi) is 16.3. The van der Waals surface area contributed by atoms with Crippen molar-refractivity contribution in [2.24, 2.45) is 57.7 Å². The fourth-order valence-electron chi connectivity index (χ4n) is 10.5. The van der Waals surface area contributed by atoms with Gasteiger partial charge in [-0.15, -0.1) is 0 Å². The van der Waals surface area contributed by atoms with E-state index in [4.69, 9.17) is 24.4 Å². The fraction of sp³-hybridized carbons (Fsp3) is 0.894. The third kappa shape index (κ3) is 11.2. The number of aliphatic hydroxyl groups is 2. The Balaban J connectivity index is 0.000000233. The van der Waals surface area contributed by atoms with Crippen LogP contribution in [0.3, 0.4) is 0 Å². The normalized spacial score (nSPS) is 30.3. The number of ether oxygens (including phenoxy) is 4. The monoisotopic (exact) mass is 1000 g/mol. The highest BCUT2D eigenvalue weighted by atomic mass is 19.4. The maximum atomic E-state index is 12.9. The van der Waals surface area contributed by atoms with Crippen LogP contribution in [-0.2, 0) is 33.3 Å². The predicted octanol–water partition coefficient (Wildman–Crippen LogP) is 11.9. The number of allylic oxidation sites excluding steroid dienone is 1. The van der Waals surface area contributed by atoms with Crippen molar-refractivity contribution in [1.82, 2.24) is 0 Å². The quantitative estimate of drug-likeness (QED) is 0.105. The highest BCUT2D eigenvalue weighted by Crippen LogP contribution is 2.61. The second-order valence-corrected chi connectivity index (χ2v) is 22.2. The average Bonchev–Trinajstić information content (AvgIpc) is 3.84. The molecule has 6 aliphatic carbocycles. The summed E-state index contributed by atoms with van der Waals surface area (Å²) in [4.78, 5) is 36.6. The predicted molar refractivity (Wildman–Crippen MR) is 221 cm³/mol. The number of hydrogen-bond acceptors (Lipinski definition) is 9. The van der Waals surface area contributed by atoms with E-state index < -0.39 is 71.7 Å². The third-order valence-electron chi connectivity index (χ3n) is 16.4. The third-order valence-corrected chi connectivity index (χ3v) is 16.4. The summed E-state index contributed by atoms with van der Waals surface area (Å²) in [5.41, 5.74) is -14.3. The summed E-state index contributed by atoms with van der Waals surface area (Å²) in [6, 6.07) is 0. The second kappa shape index (κ2) is 19.2. The average molecular weight is 1010 g/mol. The van der Waals surface area contributed by atoms with Gasteiger partial charge in [0, 0.05) is 30.6 Å². The Labute approximate surface area is 389 Å². The van der Waals surface area contributed by atoms with Crippen molar-refractivity contribution in [1.29, 1.82) is 0 Å². The van der Waals surface area contributed by atoms with Gasteiger partial charge in [0.2, 0.25) is 0 Å². The van der Waals surface area contributed by atoms with Crippen LogP contribution in [0.5, 0.6) is 0 Å². The molecule has 9 nitrogen and oxygen atoms in total. The van der Waals surface area contributed by atoms with Crippen molar-refractivity contribution in [3.05, 3.63) is 12.3 Å². The lowest BCUT2D eigenvalue weighted by Crippen LogP contribution is -2.62. The molecule has 5 atom stereocenters. The number of carbonyl (C=O) groups excluding carboxylic acids is 3. The van der Waals surface area contributed by atoms with Crippen LogP contribution in [0.4, 0.5) is 52.7 Å². The highest BCUT2D eigenvalue weighted by molar-refractivity contribution is 5.77. The van der Waals surface area contributed by atoms with E-state index in [0.29, 0.717) is 29.6 Å². The molecule has 0 aromatic carbocycles. The lowest BCUT2D eigenvalue weighted by atomic mass is 9.50. The summed E-state index contributed by atoms with van der Waals surface area (Å²) in [6.45, 7) is 21.4. The van der Waals surface area contributed by atoms with Crippen molar-refractivity contribution >= 4 is 17.9 Å². The molecule has 0 radical (unpaired) electrons. The first-order valence-electron chi connectivity index (χ1n) is 23.3. The van der Waals surface area contributed by atoms with Gasteiger partial charge in [-0.2, -0.15) is 52.7 Å². The van der Waals surface area contributed by atoms with Gasteiger partial charge in [-0.25, -0.2) is 0 Å². The van der Waals surface area contributed by atoms with E-state index in [2.05, 4.69) is 25.2 Å². The van der Waals surface area contributed by atoms with E-state index in [0.717, 1.165) is 57.1 Å². The van der Waals surface area contributed by atoms with E-state index >= 15 is 0 Å². The zero-order valence-electron chi connectivity index (χ0n) is 40.3. The first kappa shape index (κ1) is 57.6. The molecule has 5 unspecified atom stereocenters. The molecule has 1 aliphatic heterocycles. The molecule has 2 N–H and O–H groups in total. The van der Waals surface area contributed by atoms with Gasteiger partial charge < -0.3 is 29.2 Å². The Morgan fingerprint density at radius 2 is 1.01 bits per heavy atom. The maximum absolute atomic E-state index is 12.9. The minimum atomic E-state index is -6.63. The zero-order valence-corrected chi connectivity index (χ0v) is 40.3. The summed E-state index contributed by atoms with van der Waals surface area (Å²) >= 11 is 0. The van der Waals surface area contributed by atoms with E-state index in [-0.39, 0.29) is 41.6 Å². The van der Waals surface area contributed by atoms with E-state index in [9.17, 15) is 67.1 Å². The van der Waals surface area contributed by atoms with Gasteiger partial charge in [0.25, 0.3) is 11.2 Å². The summed E-state index contributed by atoms with van der Waals surface area (Å²) in [7, 11) is 0. The van der Waals surface area contributed by atoms with Gasteiger partial charge in [0.15, 0.2) is 0 Å². The molecule has 68 heavy (non-hydrogen) atoms. The first-order chi connectivity index (χ1) is 30.6. The van der Waals surface area contributed by atoms with Crippen molar-refractivity contribution < 1.29 is 96.2 Å². The topological polar surface area (TPSA) is 129 Å². The van der Waals surface area contributed by atoms with Crippen LogP contribution < -0.4 is 0 Å².